The molecular formula is C14H21ClN2O. The van der Waals surface area contributed by atoms with E-state index in [9.17, 15) is 4.79 Å². The standard InChI is InChI=1S/C14H20N2O.ClH/c1-10-4-3-9-16(11(10)2)14(17)12-5-7-13(15)8-6-12;/h5-8,10-11H,3-4,9,15H2,1-2H3;1H. The summed E-state index contributed by atoms with van der Waals surface area (Å²) in [5.41, 5.74) is 7.06. The van der Waals surface area contributed by atoms with Gasteiger partial charge in [-0.05, 0) is 49.9 Å². The van der Waals surface area contributed by atoms with E-state index in [1.54, 1.807) is 12.1 Å². The maximum absolute atomic E-state index is 12.4. The van der Waals surface area contributed by atoms with Gasteiger partial charge >= 0.3 is 0 Å². The number of rotatable bonds is 1. The largest absolute Gasteiger partial charge is 0.399 e. The molecule has 2 unspecified atom stereocenters. The van der Waals surface area contributed by atoms with Gasteiger partial charge in [0.2, 0.25) is 0 Å². The Balaban J connectivity index is 0.00000162. The van der Waals surface area contributed by atoms with E-state index < -0.39 is 0 Å². The van der Waals surface area contributed by atoms with Gasteiger partial charge in [0.1, 0.15) is 0 Å². The predicted octanol–water partition coefficient (Wildman–Crippen LogP) is 2.95. The predicted molar refractivity (Wildman–Crippen MR) is 77.0 cm³/mol. The van der Waals surface area contributed by atoms with Crippen molar-refractivity contribution in [2.45, 2.75) is 32.7 Å². The number of anilines is 1. The van der Waals surface area contributed by atoms with Crippen LogP contribution in [0.5, 0.6) is 0 Å². The fourth-order valence-electron chi connectivity index (χ4n) is 2.41. The van der Waals surface area contributed by atoms with E-state index in [1.807, 2.05) is 17.0 Å². The molecular weight excluding hydrogens is 248 g/mol. The van der Waals surface area contributed by atoms with Crippen molar-refractivity contribution < 1.29 is 4.79 Å². The minimum absolute atomic E-state index is 0. The minimum Gasteiger partial charge on any atom is -0.399 e. The average molecular weight is 269 g/mol. The van der Waals surface area contributed by atoms with Crippen LogP contribution in [0.4, 0.5) is 5.69 Å². The van der Waals surface area contributed by atoms with E-state index in [2.05, 4.69) is 13.8 Å². The number of carbonyl (C=O) groups excluding carboxylic acids is 1. The summed E-state index contributed by atoms with van der Waals surface area (Å²) in [6.07, 6.45) is 2.32. The molecule has 0 radical (unpaired) electrons. The van der Waals surface area contributed by atoms with Gasteiger partial charge in [-0.2, -0.15) is 0 Å². The van der Waals surface area contributed by atoms with Crippen molar-refractivity contribution in [2.75, 3.05) is 12.3 Å². The lowest BCUT2D eigenvalue weighted by Gasteiger charge is -2.38. The topological polar surface area (TPSA) is 46.3 Å². The molecule has 1 aromatic carbocycles. The Morgan fingerprint density at radius 3 is 2.50 bits per heavy atom. The zero-order valence-electron chi connectivity index (χ0n) is 10.9. The summed E-state index contributed by atoms with van der Waals surface area (Å²) in [5, 5.41) is 0. The number of carbonyl (C=O) groups is 1. The molecule has 1 heterocycles. The number of hydrogen-bond donors (Lipinski definition) is 1. The maximum atomic E-state index is 12.4. The number of benzene rings is 1. The van der Waals surface area contributed by atoms with Gasteiger partial charge in [-0.3, -0.25) is 4.79 Å². The molecule has 0 saturated carbocycles. The van der Waals surface area contributed by atoms with Crippen LogP contribution < -0.4 is 5.73 Å². The molecule has 3 nitrogen and oxygen atoms in total. The Kier molecular flexibility index (Phi) is 5.03. The molecule has 1 saturated heterocycles. The van der Waals surface area contributed by atoms with Crippen LogP contribution in [0, 0.1) is 5.92 Å². The van der Waals surface area contributed by atoms with Crippen molar-refractivity contribution in [3.8, 4) is 0 Å². The van der Waals surface area contributed by atoms with Gasteiger partial charge in [-0.15, -0.1) is 12.4 Å². The number of likely N-dealkylation sites (tertiary alicyclic amines) is 1. The Labute approximate surface area is 115 Å². The summed E-state index contributed by atoms with van der Waals surface area (Å²) in [6, 6.07) is 7.51. The highest BCUT2D eigenvalue weighted by Gasteiger charge is 2.28. The second-order valence-electron chi connectivity index (χ2n) is 4.98. The molecule has 0 aromatic heterocycles. The summed E-state index contributed by atoms with van der Waals surface area (Å²) < 4.78 is 0. The molecule has 100 valence electrons. The van der Waals surface area contributed by atoms with Crippen LogP contribution in [-0.4, -0.2) is 23.4 Å². The lowest BCUT2D eigenvalue weighted by molar-refractivity contribution is 0.0551. The van der Waals surface area contributed by atoms with Crippen LogP contribution in [0.3, 0.4) is 0 Å². The first-order valence-electron chi connectivity index (χ1n) is 6.26. The van der Waals surface area contributed by atoms with Gasteiger partial charge in [-0.1, -0.05) is 6.92 Å². The maximum Gasteiger partial charge on any atom is 0.254 e. The molecule has 1 aromatic rings. The van der Waals surface area contributed by atoms with Crippen LogP contribution in [0.15, 0.2) is 24.3 Å². The molecule has 1 aliphatic rings. The first kappa shape index (κ1) is 14.8. The molecule has 1 fully saturated rings. The minimum atomic E-state index is 0. The van der Waals surface area contributed by atoms with Crippen LogP contribution in [0.1, 0.15) is 37.0 Å². The van der Waals surface area contributed by atoms with Gasteiger partial charge in [0.25, 0.3) is 5.91 Å². The lowest BCUT2D eigenvalue weighted by Crippen LogP contribution is -2.46. The molecule has 18 heavy (non-hydrogen) atoms. The van der Waals surface area contributed by atoms with Gasteiger partial charge in [0, 0.05) is 23.8 Å². The van der Waals surface area contributed by atoms with Crippen molar-refractivity contribution in [1.82, 2.24) is 4.90 Å². The van der Waals surface area contributed by atoms with Crippen molar-refractivity contribution in [1.29, 1.82) is 0 Å². The molecule has 2 N–H and O–H groups in total. The molecule has 0 spiro atoms. The first-order chi connectivity index (χ1) is 8.09. The van der Waals surface area contributed by atoms with E-state index >= 15 is 0 Å². The number of amides is 1. The van der Waals surface area contributed by atoms with E-state index in [0.717, 1.165) is 18.5 Å². The summed E-state index contributed by atoms with van der Waals surface area (Å²) in [4.78, 5) is 14.3. The summed E-state index contributed by atoms with van der Waals surface area (Å²) in [7, 11) is 0. The fraction of sp³-hybridized carbons (Fsp3) is 0.500. The Morgan fingerprint density at radius 1 is 1.28 bits per heavy atom. The number of hydrogen-bond acceptors (Lipinski definition) is 2. The lowest BCUT2D eigenvalue weighted by atomic mass is 9.91. The highest BCUT2D eigenvalue weighted by Crippen LogP contribution is 2.24. The second kappa shape index (κ2) is 6.10. The molecule has 2 atom stereocenters. The summed E-state index contributed by atoms with van der Waals surface area (Å²) in [5.74, 6) is 0.713. The number of halogens is 1. The molecule has 0 bridgehead atoms. The van der Waals surface area contributed by atoms with E-state index in [0.29, 0.717) is 17.6 Å². The van der Waals surface area contributed by atoms with Crippen molar-refractivity contribution >= 4 is 24.0 Å². The second-order valence-corrected chi connectivity index (χ2v) is 4.98. The van der Waals surface area contributed by atoms with E-state index in [-0.39, 0.29) is 18.3 Å². The van der Waals surface area contributed by atoms with Crippen LogP contribution in [0.25, 0.3) is 0 Å². The summed E-state index contributed by atoms with van der Waals surface area (Å²) >= 11 is 0. The SMILES string of the molecule is CC1CCCN(C(=O)c2ccc(N)cc2)C1C.Cl. The molecule has 2 rings (SSSR count). The van der Waals surface area contributed by atoms with E-state index in [1.165, 1.54) is 6.42 Å². The smallest absolute Gasteiger partial charge is 0.254 e. The highest BCUT2D eigenvalue weighted by atomic mass is 35.5. The zero-order chi connectivity index (χ0) is 12.4. The van der Waals surface area contributed by atoms with Gasteiger partial charge in [0.15, 0.2) is 0 Å². The third kappa shape index (κ3) is 2.96. The molecule has 1 amide bonds. The third-order valence-corrected chi connectivity index (χ3v) is 3.79. The van der Waals surface area contributed by atoms with Gasteiger partial charge < -0.3 is 10.6 Å². The number of piperidine rings is 1. The summed E-state index contributed by atoms with van der Waals surface area (Å²) in [6.45, 7) is 5.22. The normalized spacial score (nSPS) is 23.3. The molecule has 4 heteroatoms. The molecule has 0 aliphatic carbocycles. The third-order valence-electron chi connectivity index (χ3n) is 3.79. The van der Waals surface area contributed by atoms with Crippen molar-refractivity contribution in [3.63, 3.8) is 0 Å². The average Bonchev–Trinajstić information content (AvgIpc) is 2.33. The van der Waals surface area contributed by atoms with Crippen LogP contribution >= 0.6 is 12.4 Å². The first-order valence-corrected chi connectivity index (χ1v) is 6.26. The zero-order valence-corrected chi connectivity index (χ0v) is 11.7. The number of nitrogens with two attached hydrogens (primary N) is 1. The Hall–Kier alpha value is -1.22. The van der Waals surface area contributed by atoms with Gasteiger partial charge in [0.05, 0.1) is 0 Å². The number of nitrogen functional groups attached to an aromatic ring is 1. The monoisotopic (exact) mass is 268 g/mol. The quantitative estimate of drug-likeness (QED) is 0.796. The van der Waals surface area contributed by atoms with Gasteiger partial charge in [-0.25, -0.2) is 0 Å². The number of nitrogens with zero attached hydrogens (tertiary/aromatic N) is 1. The fourth-order valence-corrected chi connectivity index (χ4v) is 2.41. The van der Waals surface area contributed by atoms with Crippen molar-refractivity contribution in [2.24, 2.45) is 5.92 Å². The van der Waals surface area contributed by atoms with E-state index in [4.69, 9.17) is 5.73 Å². The van der Waals surface area contributed by atoms with Crippen LogP contribution in [-0.2, 0) is 0 Å². The van der Waals surface area contributed by atoms with Crippen LogP contribution in [0.2, 0.25) is 0 Å². The highest BCUT2D eigenvalue weighted by molar-refractivity contribution is 5.94. The Bertz CT molecular complexity index is 405. The molecule has 1 aliphatic heterocycles. The Morgan fingerprint density at radius 2 is 1.89 bits per heavy atom. The van der Waals surface area contributed by atoms with Crippen molar-refractivity contribution in [3.05, 3.63) is 29.8 Å².